The van der Waals surface area contributed by atoms with Crippen molar-refractivity contribution in [3.8, 4) is 0 Å². The average Bonchev–Trinajstić information content (AvgIpc) is 3.25. The molecule has 1 amide bonds. The molecule has 2 saturated heterocycles. The number of anilines is 2. The van der Waals surface area contributed by atoms with E-state index in [0.717, 1.165) is 37.4 Å². The van der Waals surface area contributed by atoms with E-state index in [1.807, 2.05) is 11.8 Å². The van der Waals surface area contributed by atoms with Crippen LogP contribution in [-0.4, -0.2) is 58.3 Å². The maximum Gasteiger partial charge on any atom is 0.414 e. The molecule has 0 N–H and O–H groups in total. The number of thioether (sulfide) groups is 1. The van der Waals surface area contributed by atoms with Crippen LogP contribution in [0, 0.1) is 5.82 Å². The number of halogens is 1. The first-order valence-electron chi connectivity index (χ1n) is 9.15. The van der Waals surface area contributed by atoms with Gasteiger partial charge < -0.3 is 9.64 Å². The zero-order valence-electron chi connectivity index (χ0n) is 15.0. The van der Waals surface area contributed by atoms with E-state index < -0.39 is 6.09 Å². The number of hydrogen-bond donors (Lipinski definition) is 0. The second-order valence-corrected chi connectivity index (χ2v) is 7.87. The summed E-state index contributed by atoms with van der Waals surface area (Å²) >= 11 is 1.96. The van der Waals surface area contributed by atoms with Gasteiger partial charge in [0.2, 0.25) is 0 Å². The maximum atomic E-state index is 14.8. The highest BCUT2D eigenvalue weighted by atomic mass is 32.2. The zero-order valence-corrected chi connectivity index (χ0v) is 15.8. The van der Waals surface area contributed by atoms with Crippen LogP contribution in [0.5, 0.6) is 0 Å². The van der Waals surface area contributed by atoms with Gasteiger partial charge in [-0.05, 0) is 42.5 Å². The first kappa shape index (κ1) is 18.1. The van der Waals surface area contributed by atoms with E-state index >= 15 is 0 Å². The molecule has 7 nitrogen and oxygen atoms in total. The summed E-state index contributed by atoms with van der Waals surface area (Å²) in [5.74, 6) is 1.93. The lowest BCUT2D eigenvalue weighted by molar-refractivity contribution is 0.126. The molecule has 0 bridgehead atoms. The van der Waals surface area contributed by atoms with Crippen molar-refractivity contribution >= 4 is 29.2 Å². The Labute approximate surface area is 161 Å². The van der Waals surface area contributed by atoms with Crippen LogP contribution in [0.25, 0.3) is 0 Å². The summed E-state index contributed by atoms with van der Waals surface area (Å²) in [5, 5.41) is 8.05. The highest BCUT2D eigenvalue weighted by Gasteiger charge is 2.33. The zero-order chi connectivity index (χ0) is 18.6. The van der Waals surface area contributed by atoms with E-state index in [4.69, 9.17) is 4.74 Å². The third kappa shape index (κ3) is 4.18. The Kier molecular flexibility index (Phi) is 5.47. The highest BCUT2D eigenvalue weighted by Crippen LogP contribution is 2.29. The normalized spacial score (nSPS) is 21.1. The van der Waals surface area contributed by atoms with Gasteiger partial charge in [-0.15, -0.1) is 0 Å². The molecule has 1 aromatic heterocycles. The topological polar surface area (TPSA) is 63.5 Å². The van der Waals surface area contributed by atoms with Crippen LogP contribution in [0.2, 0.25) is 0 Å². The number of carbonyl (C=O) groups excluding carboxylic acids is 1. The van der Waals surface area contributed by atoms with Crippen LogP contribution >= 0.6 is 11.8 Å². The average molecular weight is 391 g/mol. The van der Waals surface area contributed by atoms with Gasteiger partial charge in [-0.1, -0.05) is 0 Å². The number of cyclic esters (lactones) is 1. The summed E-state index contributed by atoms with van der Waals surface area (Å²) in [4.78, 5) is 17.3. The van der Waals surface area contributed by atoms with Gasteiger partial charge in [-0.3, -0.25) is 4.90 Å². The number of rotatable bonds is 4. The third-order valence-electron chi connectivity index (χ3n) is 4.72. The first-order valence-corrected chi connectivity index (χ1v) is 10.3. The number of hydrogen-bond acceptors (Lipinski definition) is 6. The van der Waals surface area contributed by atoms with Gasteiger partial charge in [0.05, 0.1) is 36.9 Å². The van der Waals surface area contributed by atoms with E-state index in [-0.39, 0.29) is 11.9 Å². The third-order valence-corrected chi connectivity index (χ3v) is 5.88. The van der Waals surface area contributed by atoms with Gasteiger partial charge >= 0.3 is 6.09 Å². The molecule has 1 atom stereocenters. The molecule has 0 spiro atoms. The van der Waals surface area contributed by atoms with Crippen molar-refractivity contribution < 1.29 is 13.9 Å². The fourth-order valence-electron chi connectivity index (χ4n) is 3.44. The molecule has 0 saturated carbocycles. The number of ether oxygens (including phenoxy) is 1. The molecule has 2 aromatic rings. The van der Waals surface area contributed by atoms with Gasteiger partial charge in [-0.25, -0.2) is 9.18 Å². The van der Waals surface area contributed by atoms with Gasteiger partial charge in [0.1, 0.15) is 11.9 Å². The molecule has 0 radical (unpaired) electrons. The Morgan fingerprint density at radius 3 is 2.63 bits per heavy atom. The van der Waals surface area contributed by atoms with Gasteiger partial charge in [0, 0.05) is 13.1 Å². The van der Waals surface area contributed by atoms with Crippen LogP contribution < -0.4 is 9.80 Å². The van der Waals surface area contributed by atoms with Crippen LogP contribution in [-0.2, 0) is 11.3 Å². The van der Waals surface area contributed by atoms with Crippen molar-refractivity contribution in [3.05, 3.63) is 36.4 Å². The maximum absolute atomic E-state index is 14.8. The molecule has 4 rings (SSSR count). The minimum Gasteiger partial charge on any atom is -0.442 e. The summed E-state index contributed by atoms with van der Waals surface area (Å²) < 4.78 is 20.2. The largest absolute Gasteiger partial charge is 0.442 e. The van der Waals surface area contributed by atoms with Crippen LogP contribution in [0.3, 0.4) is 0 Å². The Balaban J connectivity index is 1.46. The van der Waals surface area contributed by atoms with Gasteiger partial charge in [-0.2, -0.15) is 26.8 Å². The highest BCUT2D eigenvalue weighted by molar-refractivity contribution is 7.99. The summed E-state index contributed by atoms with van der Waals surface area (Å²) in [6.07, 6.45) is 4.42. The molecule has 9 heteroatoms. The monoisotopic (exact) mass is 391 g/mol. The van der Waals surface area contributed by atoms with Gasteiger partial charge in [0.25, 0.3) is 0 Å². The molecule has 27 heavy (non-hydrogen) atoms. The first-order chi connectivity index (χ1) is 13.2. The Hall–Kier alpha value is -2.29. The van der Waals surface area contributed by atoms with Crippen molar-refractivity contribution in [1.29, 1.82) is 0 Å². The lowest BCUT2D eigenvalue weighted by atomic mass is 10.2. The van der Waals surface area contributed by atoms with E-state index in [0.29, 0.717) is 24.5 Å². The van der Waals surface area contributed by atoms with Crippen molar-refractivity contribution in [3.63, 3.8) is 0 Å². The Morgan fingerprint density at radius 2 is 1.93 bits per heavy atom. The molecule has 2 aliphatic rings. The molecule has 144 valence electrons. The molecule has 2 aliphatic heterocycles. The van der Waals surface area contributed by atoms with Crippen molar-refractivity contribution in [2.75, 3.05) is 40.9 Å². The van der Waals surface area contributed by atoms with E-state index in [1.54, 1.807) is 24.5 Å². The van der Waals surface area contributed by atoms with Crippen molar-refractivity contribution in [2.24, 2.45) is 0 Å². The lowest BCUT2D eigenvalue weighted by Crippen LogP contribution is -2.29. The van der Waals surface area contributed by atoms with Crippen LogP contribution in [0.15, 0.2) is 30.6 Å². The fraction of sp³-hybridized carbons (Fsp3) is 0.500. The van der Waals surface area contributed by atoms with E-state index in [1.165, 1.54) is 15.8 Å². The van der Waals surface area contributed by atoms with E-state index in [2.05, 4.69) is 15.1 Å². The molecular weight excluding hydrogens is 369 g/mol. The lowest BCUT2D eigenvalue weighted by Gasteiger charge is -2.27. The predicted molar refractivity (Wildman–Crippen MR) is 103 cm³/mol. The Morgan fingerprint density at radius 1 is 1.19 bits per heavy atom. The van der Waals surface area contributed by atoms with Gasteiger partial charge in [0.15, 0.2) is 0 Å². The van der Waals surface area contributed by atoms with Crippen molar-refractivity contribution in [2.45, 2.75) is 25.5 Å². The van der Waals surface area contributed by atoms with Crippen LogP contribution in [0.1, 0.15) is 12.8 Å². The molecule has 1 aromatic carbocycles. The Bertz CT molecular complexity index is 780. The molecule has 2 fully saturated rings. The summed E-state index contributed by atoms with van der Waals surface area (Å²) in [5.41, 5.74) is 1.12. The predicted octanol–water partition coefficient (Wildman–Crippen LogP) is 2.78. The number of benzene rings is 1. The minimum absolute atomic E-state index is 0.300. The molecule has 3 heterocycles. The summed E-state index contributed by atoms with van der Waals surface area (Å²) in [6, 6.07) is 5.00. The van der Waals surface area contributed by atoms with E-state index in [9.17, 15) is 9.18 Å². The molecular formula is C18H22FN5O2S. The fourth-order valence-corrected chi connectivity index (χ4v) is 4.31. The summed E-state index contributed by atoms with van der Waals surface area (Å²) in [7, 11) is 0. The molecule has 0 aliphatic carbocycles. The standard InChI is InChI=1S/C18H22FN5O2S/c19-16-11-14(3-4-17(16)22-7-1-9-27-10-2-8-22)23-12-15(26-18(23)25)13-24-20-5-6-21-24/h3-6,11,15H,1-2,7-10,12-13H2/t15-/m1/s1. The quantitative estimate of drug-likeness (QED) is 0.799. The van der Waals surface area contributed by atoms with Crippen LogP contribution in [0.4, 0.5) is 20.6 Å². The second-order valence-electron chi connectivity index (χ2n) is 6.64. The van der Waals surface area contributed by atoms with Crippen molar-refractivity contribution in [1.82, 2.24) is 15.0 Å². The summed E-state index contributed by atoms with van der Waals surface area (Å²) in [6.45, 7) is 2.43. The smallest absolute Gasteiger partial charge is 0.414 e. The number of aromatic nitrogens is 3. The number of nitrogens with zero attached hydrogens (tertiary/aromatic N) is 5. The number of amides is 1. The number of carbonyl (C=O) groups is 1. The SMILES string of the molecule is O=C1O[C@@H](Cn2nccn2)CN1c1ccc(N2CCCSCCC2)c(F)c1. The molecule has 0 unspecified atom stereocenters. The second kappa shape index (κ2) is 8.16. The minimum atomic E-state index is -0.470.